The van der Waals surface area contributed by atoms with E-state index in [1.54, 1.807) is 0 Å². The second kappa shape index (κ2) is 5.61. The highest BCUT2D eigenvalue weighted by Gasteiger charge is 2.23. The fourth-order valence-electron chi connectivity index (χ4n) is 2.79. The van der Waals surface area contributed by atoms with Crippen molar-refractivity contribution >= 4 is 5.91 Å². The van der Waals surface area contributed by atoms with Gasteiger partial charge in [0.15, 0.2) is 0 Å². The second-order valence-electron chi connectivity index (χ2n) is 5.27. The number of amides is 1. The molecule has 0 aliphatic carbocycles. The van der Waals surface area contributed by atoms with E-state index in [9.17, 15) is 4.79 Å². The van der Waals surface area contributed by atoms with Crippen molar-refractivity contribution in [3.05, 3.63) is 29.8 Å². The van der Waals surface area contributed by atoms with Crippen LogP contribution < -0.4 is 10.1 Å². The highest BCUT2D eigenvalue weighted by Crippen LogP contribution is 2.27. The summed E-state index contributed by atoms with van der Waals surface area (Å²) in [4.78, 5) is 13.8. The van der Waals surface area contributed by atoms with Crippen LogP contribution in [0.1, 0.15) is 18.4 Å². The van der Waals surface area contributed by atoms with Gasteiger partial charge in [-0.1, -0.05) is 18.2 Å². The van der Waals surface area contributed by atoms with Crippen LogP contribution in [-0.4, -0.2) is 43.1 Å². The van der Waals surface area contributed by atoms with Gasteiger partial charge in [-0.3, -0.25) is 4.79 Å². The summed E-state index contributed by atoms with van der Waals surface area (Å²) in [6, 6.07) is 8.13. The number of likely N-dealkylation sites (tertiary alicyclic amines) is 1. The van der Waals surface area contributed by atoms with Crippen molar-refractivity contribution in [3.8, 4) is 5.75 Å². The first-order valence-electron chi connectivity index (χ1n) is 7.06. The van der Waals surface area contributed by atoms with E-state index in [1.807, 2.05) is 23.1 Å². The third-order valence-corrected chi connectivity index (χ3v) is 3.82. The number of rotatable bonds is 4. The highest BCUT2D eigenvalue weighted by molar-refractivity contribution is 5.78. The van der Waals surface area contributed by atoms with Crippen LogP contribution in [0.2, 0.25) is 0 Å². The van der Waals surface area contributed by atoms with Crippen LogP contribution in [0.25, 0.3) is 0 Å². The molecule has 2 aliphatic rings. The number of carbonyl (C=O) groups excluding carboxylic acids is 1. The molecule has 19 heavy (non-hydrogen) atoms. The number of benzene rings is 1. The topological polar surface area (TPSA) is 41.6 Å². The monoisotopic (exact) mass is 260 g/mol. The van der Waals surface area contributed by atoms with E-state index in [0.29, 0.717) is 6.54 Å². The molecule has 1 N–H and O–H groups in total. The van der Waals surface area contributed by atoms with E-state index in [-0.39, 0.29) is 12.0 Å². The smallest absolute Gasteiger partial charge is 0.236 e. The molecule has 1 aromatic rings. The Morgan fingerprint density at radius 1 is 1.32 bits per heavy atom. The molecule has 2 heterocycles. The Balaban J connectivity index is 1.41. The molecule has 0 radical (unpaired) electrons. The quantitative estimate of drug-likeness (QED) is 0.884. The zero-order valence-corrected chi connectivity index (χ0v) is 11.1. The number of nitrogens with one attached hydrogen (secondary N) is 1. The Morgan fingerprint density at radius 3 is 2.89 bits per heavy atom. The molecule has 4 nitrogen and oxygen atoms in total. The van der Waals surface area contributed by atoms with Gasteiger partial charge in [0.1, 0.15) is 11.9 Å². The minimum atomic E-state index is 0.156. The summed E-state index contributed by atoms with van der Waals surface area (Å²) in [6.45, 7) is 3.00. The lowest BCUT2D eigenvalue weighted by atomic mass is 10.1. The molecule has 0 spiro atoms. The zero-order chi connectivity index (χ0) is 13.1. The first-order chi connectivity index (χ1) is 9.33. The maximum atomic E-state index is 11.9. The maximum Gasteiger partial charge on any atom is 0.236 e. The molecule has 2 aliphatic heterocycles. The van der Waals surface area contributed by atoms with Gasteiger partial charge in [0.25, 0.3) is 0 Å². The summed E-state index contributed by atoms with van der Waals surface area (Å²) in [5.41, 5.74) is 1.26. The van der Waals surface area contributed by atoms with Crippen molar-refractivity contribution in [1.82, 2.24) is 10.2 Å². The predicted molar refractivity (Wildman–Crippen MR) is 73.2 cm³/mol. The van der Waals surface area contributed by atoms with Crippen LogP contribution in [0, 0.1) is 0 Å². The van der Waals surface area contributed by atoms with Crippen LogP contribution >= 0.6 is 0 Å². The average molecular weight is 260 g/mol. The van der Waals surface area contributed by atoms with E-state index in [0.717, 1.165) is 44.6 Å². The highest BCUT2D eigenvalue weighted by atomic mass is 16.5. The Kier molecular flexibility index (Phi) is 3.69. The lowest BCUT2D eigenvalue weighted by Gasteiger charge is -2.17. The third-order valence-electron chi connectivity index (χ3n) is 3.82. The largest absolute Gasteiger partial charge is 0.488 e. The standard InChI is InChI=1S/C15H20N2O2/c18-15(17-7-3-4-8-17)11-16-10-13-9-12-5-1-2-6-14(12)19-13/h1-2,5-6,13,16H,3-4,7-11H2. The molecule has 1 fully saturated rings. The van der Waals surface area contributed by atoms with E-state index in [2.05, 4.69) is 11.4 Å². The Morgan fingerprint density at radius 2 is 2.11 bits per heavy atom. The van der Waals surface area contributed by atoms with Crippen LogP contribution in [0.3, 0.4) is 0 Å². The number of para-hydroxylation sites is 1. The van der Waals surface area contributed by atoms with Crippen molar-refractivity contribution in [2.45, 2.75) is 25.4 Å². The van der Waals surface area contributed by atoms with Gasteiger partial charge in [-0.15, -0.1) is 0 Å². The van der Waals surface area contributed by atoms with Gasteiger partial charge in [0, 0.05) is 26.1 Å². The number of nitrogens with zero attached hydrogens (tertiary/aromatic N) is 1. The van der Waals surface area contributed by atoms with Gasteiger partial charge in [0.05, 0.1) is 6.54 Å². The molecule has 1 aromatic carbocycles. The molecular formula is C15H20N2O2. The van der Waals surface area contributed by atoms with Crippen molar-refractivity contribution in [2.75, 3.05) is 26.2 Å². The zero-order valence-electron chi connectivity index (χ0n) is 11.1. The number of fused-ring (bicyclic) bond motifs is 1. The molecule has 1 amide bonds. The summed E-state index contributed by atoms with van der Waals surface area (Å²) in [5.74, 6) is 1.20. The Labute approximate surface area is 113 Å². The summed E-state index contributed by atoms with van der Waals surface area (Å²) in [5, 5.41) is 3.22. The Hall–Kier alpha value is -1.55. The number of hydrogen-bond acceptors (Lipinski definition) is 3. The molecule has 1 saturated heterocycles. The summed E-state index contributed by atoms with van der Waals surface area (Å²) in [7, 11) is 0. The molecule has 0 bridgehead atoms. The minimum absolute atomic E-state index is 0.156. The van der Waals surface area contributed by atoms with Gasteiger partial charge < -0.3 is 15.0 Å². The fourth-order valence-corrected chi connectivity index (χ4v) is 2.79. The molecule has 3 rings (SSSR count). The molecule has 4 heteroatoms. The van der Waals surface area contributed by atoms with E-state index >= 15 is 0 Å². The first kappa shape index (κ1) is 12.5. The van der Waals surface area contributed by atoms with Gasteiger partial charge >= 0.3 is 0 Å². The van der Waals surface area contributed by atoms with E-state index in [1.165, 1.54) is 5.56 Å². The number of hydrogen-bond donors (Lipinski definition) is 1. The van der Waals surface area contributed by atoms with Crippen molar-refractivity contribution in [2.24, 2.45) is 0 Å². The van der Waals surface area contributed by atoms with Gasteiger partial charge in [-0.05, 0) is 24.5 Å². The van der Waals surface area contributed by atoms with E-state index in [4.69, 9.17) is 4.74 Å². The van der Waals surface area contributed by atoms with Crippen LogP contribution in [0.4, 0.5) is 0 Å². The lowest BCUT2D eigenvalue weighted by Crippen LogP contribution is -2.39. The molecule has 1 atom stereocenters. The SMILES string of the molecule is O=C(CNCC1Cc2ccccc2O1)N1CCCC1. The molecule has 0 saturated carbocycles. The fraction of sp³-hybridized carbons (Fsp3) is 0.533. The predicted octanol–water partition coefficient (Wildman–Crippen LogP) is 1.20. The molecule has 102 valence electrons. The lowest BCUT2D eigenvalue weighted by molar-refractivity contribution is -0.129. The molecule has 1 unspecified atom stereocenters. The van der Waals surface area contributed by atoms with Crippen LogP contribution in [0.15, 0.2) is 24.3 Å². The summed E-state index contributed by atoms with van der Waals surface area (Å²) < 4.78 is 5.83. The molecule has 0 aromatic heterocycles. The van der Waals surface area contributed by atoms with Crippen molar-refractivity contribution < 1.29 is 9.53 Å². The van der Waals surface area contributed by atoms with Gasteiger partial charge in [0.2, 0.25) is 5.91 Å². The van der Waals surface area contributed by atoms with Gasteiger partial charge in [-0.25, -0.2) is 0 Å². The first-order valence-corrected chi connectivity index (χ1v) is 7.06. The van der Waals surface area contributed by atoms with Crippen LogP contribution in [-0.2, 0) is 11.2 Å². The normalized spacial score (nSPS) is 21.3. The molecular weight excluding hydrogens is 240 g/mol. The second-order valence-corrected chi connectivity index (χ2v) is 5.27. The van der Waals surface area contributed by atoms with Crippen molar-refractivity contribution in [1.29, 1.82) is 0 Å². The average Bonchev–Trinajstić information content (AvgIpc) is 3.07. The summed E-state index contributed by atoms with van der Waals surface area (Å²) >= 11 is 0. The number of ether oxygens (including phenoxy) is 1. The van der Waals surface area contributed by atoms with Gasteiger partial charge in [-0.2, -0.15) is 0 Å². The summed E-state index contributed by atoms with van der Waals surface area (Å²) in [6.07, 6.45) is 3.38. The van der Waals surface area contributed by atoms with E-state index < -0.39 is 0 Å². The number of carbonyl (C=O) groups is 1. The maximum absolute atomic E-state index is 11.9. The van der Waals surface area contributed by atoms with Crippen molar-refractivity contribution in [3.63, 3.8) is 0 Å². The third kappa shape index (κ3) is 2.89. The minimum Gasteiger partial charge on any atom is -0.488 e. The Bertz CT molecular complexity index is 430. The van der Waals surface area contributed by atoms with Crippen LogP contribution in [0.5, 0.6) is 5.75 Å².